The number of carbonyl (C=O) groups is 1. The van der Waals surface area contributed by atoms with E-state index in [1.807, 2.05) is 24.3 Å². The quantitative estimate of drug-likeness (QED) is 0.723. The highest BCUT2D eigenvalue weighted by Gasteiger charge is 2.39. The molecule has 1 aromatic carbocycles. The van der Waals surface area contributed by atoms with Crippen molar-refractivity contribution in [3.8, 4) is 12.3 Å². The van der Waals surface area contributed by atoms with Crippen LogP contribution in [0.1, 0.15) is 25.7 Å². The maximum atomic E-state index is 12.1. The highest BCUT2D eigenvalue weighted by molar-refractivity contribution is 5.91. The maximum Gasteiger partial charge on any atom is 0.227 e. The molecule has 0 bridgehead atoms. The first-order chi connectivity index (χ1) is 12.2. The van der Waals surface area contributed by atoms with Gasteiger partial charge in [-0.2, -0.15) is 10.2 Å². The molecule has 126 valence electrons. The fourth-order valence-electron chi connectivity index (χ4n) is 2.33. The van der Waals surface area contributed by atoms with Crippen molar-refractivity contribution < 1.29 is 4.79 Å². The second kappa shape index (κ2) is 7.53. The molecule has 3 rings (SSSR count). The van der Waals surface area contributed by atoms with Crippen molar-refractivity contribution in [2.75, 3.05) is 10.6 Å². The van der Waals surface area contributed by atoms with Gasteiger partial charge in [-0.25, -0.2) is 9.97 Å². The largest absolute Gasteiger partial charge is 0.326 e. The molecule has 0 fully saturated rings. The highest BCUT2D eigenvalue weighted by Crippen LogP contribution is 2.37. The lowest BCUT2D eigenvalue weighted by molar-refractivity contribution is -0.116. The van der Waals surface area contributed by atoms with Crippen molar-refractivity contribution in [2.24, 2.45) is 10.2 Å². The van der Waals surface area contributed by atoms with E-state index in [2.05, 4.69) is 36.8 Å². The molecule has 1 aromatic heterocycles. The summed E-state index contributed by atoms with van der Waals surface area (Å²) in [5.41, 5.74) is 1.15. The minimum Gasteiger partial charge on any atom is -0.326 e. The predicted octanol–water partition coefficient (Wildman–Crippen LogP) is 3.51. The van der Waals surface area contributed by atoms with E-state index in [4.69, 9.17) is 6.42 Å². The van der Waals surface area contributed by atoms with Crippen LogP contribution in [0.5, 0.6) is 0 Å². The summed E-state index contributed by atoms with van der Waals surface area (Å²) in [6.45, 7) is 0. The fraction of sp³-hybridized carbons (Fsp3) is 0.278. The number of nitrogens with one attached hydrogen (secondary N) is 2. The summed E-state index contributed by atoms with van der Waals surface area (Å²) in [5, 5.41) is 14.0. The van der Waals surface area contributed by atoms with Gasteiger partial charge in [0.2, 0.25) is 11.9 Å². The third-order valence-electron chi connectivity index (χ3n) is 3.80. The molecule has 2 N–H and O–H groups in total. The minimum atomic E-state index is -0.423. The van der Waals surface area contributed by atoms with Crippen LogP contribution in [0.25, 0.3) is 0 Å². The van der Waals surface area contributed by atoms with Crippen LogP contribution in [0, 0.1) is 12.3 Å². The normalized spacial score (nSPS) is 13.7. The van der Waals surface area contributed by atoms with Crippen LogP contribution in [0.4, 0.5) is 17.3 Å². The number of anilines is 3. The Morgan fingerprint density at radius 2 is 1.76 bits per heavy atom. The average molecular weight is 334 g/mol. The third kappa shape index (κ3) is 4.85. The fourth-order valence-corrected chi connectivity index (χ4v) is 2.33. The Kier molecular flexibility index (Phi) is 5.00. The van der Waals surface area contributed by atoms with E-state index >= 15 is 0 Å². The molecule has 0 saturated carbocycles. The van der Waals surface area contributed by atoms with Gasteiger partial charge in [-0.1, -0.05) is 0 Å². The van der Waals surface area contributed by atoms with E-state index in [1.165, 1.54) is 0 Å². The molecule has 7 heteroatoms. The zero-order valence-corrected chi connectivity index (χ0v) is 13.6. The predicted molar refractivity (Wildman–Crippen MR) is 95.3 cm³/mol. The van der Waals surface area contributed by atoms with Crippen LogP contribution >= 0.6 is 0 Å². The summed E-state index contributed by atoms with van der Waals surface area (Å²) in [4.78, 5) is 20.3. The third-order valence-corrected chi connectivity index (χ3v) is 3.80. The maximum absolute atomic E-state index is 12.1. The van der Waals surface area contributed by atoms with Crippen LogP contribution in [0.3, 0.4) is 0 Å². The molecule has 2 aromatic rings. The first-order valence-electron chi connectivity index (χ1n) is 8.01. The number of hydrogen-bond acceptors (Lipinski definition) is 6. The minimum absolute atomic E-state index is 0.0653. The number of carbonyl (C=O) groups excluding carboxylic acids is 1. The summed E-state index contributed by atoms with van der Waals surface area (Å²) in [7, 11) is 0. The Morgan fingerprint density at radius 1 is 1.08 bits per heavy atom. The summed E-state index contributed by atoms with van der Waals surface area (Å²) in [6.07, 6.45) is 10.9. The topological polar surface area (TPSA) is 91.6 Å². The lowest BCUT2D eigenvalue weighted by Crippen LogP contribution is -2.17. The SMILES string of the molecule is C#CCCC1(CCC(=O)Nc2ccc(Nc3ncccn3)cc2)N=N1. The van der Waals surface area contributed by atoms with E-state index in [9.17, 15) is 4.79 Å². The molecule has 1 aliphatic rings. The summed E-state index contributed by atoms with van der Waals surface area (Å²) >= 11 is 0. The molecule has 1 amide bonds. The Balaban J connectivity index is 1.46. The Bertz CT molecular complexity index is 789. The van der Waals surface area contributed by atoms with Gasteiger partial charge >= 0.3 is 0 Å². The molecule has 0 atom stereocenters. The van der Waals surface area contributed by atoms with Gasteiger partial charge < -0.3 is 10.6 Å². The molecule has 1 aliphatic heterocycles. The van der Waals surface area contributed by atoms with Gasteiger partial charge in [0.05, 0.1) is 0 Å². The number of aromatic nitrogens is 2. The van der Waals surface area contributed by atoms with E-state index in [0.29, 0.717) is 31.6 Å². The van der Waals surface area contributed by atoms with Gasteiger partial charge in [0.1, 0.15) is 0 Å². The molecule has 0 saturated heterocycles. The second-order valence-electron chi connectivity index (χ2n) is 5.71. The molecule has 0 spiro atoms. The van der Waals surface area contributed by atoms with Crippen molar-refractivity contribution >= 4 is 23.2 Å². The summed E-state index contributed by atoms with van der Waals surface area (Å²) in [6, 6.07) is 9.10. The van der Waals surface area contributed by atoms with Crippen LogP contribution in [-0.2, 0) is 4.79 Å². The van der Waals surface area contributed by atoms with Crippen LogP contribution in [0.2, 0.25) is 0 Å². The molecule has 0 aliphatic carbocycles. The van der Waals surface area contributed by atoms with Gasteiger partial charge in [-0.3, -0.25) is 4.79 Å². The van der Waals surface area contributed by atoms with E-state index in [-0.39, 0.29) is 5.91 Å². The van der Waals surface area contributed by atoms with Crippen molar-refractivity contribution in [1.82, 2.24) is 9.97 Å². The molecular formula is C18H18N6O. The zero-order valence-electron chi connectivity index (χ0n) is 13.6. The summed E-state index contributed by atoms with van der Waals surface area (Å²) in [5.74, 6) is 3.03. The van der Waals surface area contributed by atoms with Gasteiger partial charge in [-0.15, -0.1) is 12.3 Å². The number of benzene rings is 1. The lowest BCUT2D eigenvalue weighted by Gasteiger charge is -2.10. The van der Waals surface area contributed by atoms with E-state index in [0.717, 1.165) is 11.4 Å². The number of nitrogens with zero attached hydrogens (tertiary/aromatic N) is 4. The van der Waals surface area contributed by atoms with Gasteiger partial charge in [0.25, 0.3) is 0 Å². The van der Waals surface area contributed by atoms with Crippen molar-refractivity contribution in [3.05, 3.63) is 42.7 Å². The lowest BCUT2D eigenvalue weighted by atomic mass is 10.0. The number of hydrogen-bond donors (Lipinski definition) is 2. The Hall–Kier alpha value is -3.27. The molecular weight excluding hydrogens is 316 g/mol. The van der Waals surface area contributed by atoms with Gasteiger partial charge in [0.15, 0.2) is 5.66 Å². The first-order valence-corrected chi connectivity index (χ1v) is 8.01. The average Bonchev–Trinajstić information content (AvgIpc) is 3.41. The Morgan fingerprint density at radius 3 is 2.40 bits per heavy atom. The van der Waals surface area contributed by atoms with Crippen molar-refractivity contribution in [3.63, 3.8) is 0 Å². The smallest absolute Gasteiger partial charge is 0.227 e. The monoisotopic (exact) mass is 334 g/mol. The van der Waals surface area contributed by atoms with Gasteiger partial charge in [0, 0.05) is 49.5 Å². The number of terminal acetylenes is 1. The van der Waals surface area contributed by atoms with Crippen molar-refractivity contribution in [1.29, 1.82) is 0 Å². The van der Waals surface area contributed by atoms with E-state index < -0.39 is 5.66 Å². The standard InChI is InChI=1S/C18H18N6O/c1-2-3-10-18(23-24-18)11-9-16(25)21-14-5-7-15(8-6-14)22-17-19-12-4-13-20-17/h1,4-8,12-13H,3,9-11H2,(H,21,25)(H,19,20,22). The summed E-state index contributed by atoms with van der Waals surface area (Å²) < 4.78 is 0. The molecule has 25 heavy (non-hydrogen) atoms. The zero-order chi connectivity index (χ0) is 17.5. The Labute approximate surface area is 146 Å². The van der Waals surface area contributed by atoms with Crippen molar-refractivity contribution in [2.45, 2.75) is 31.3 Å². The molecule has 7 nitrogen and oxygen atoms in total. The number of amides is 1. The first kappa shape index (κ1) is 16.6. The van der Waals surface area contributed by atoms with Crippen LogP contribution < -0.4 is 10.6 Å². The molecule has 2 heterocycles. The second-order valence-corrected chi connectivity index (χ2v) is 5.71. The van der Waals surface area contributed by atoms with E-state index in [1.54, 1.807) is 18.5 Å². The van der Waals surface area contributed by atoms with Crippen LogP contribution in [0.15, 0.2) is 53.0 Å². The van der Waals surface area contributed by atoms with Gasteiger partial charge in [-0.05, 0) is 30.3 Å². The molecule has 0 radical (unpaired) electrons. The number of rotatable bonds is 8. The van der Waals surface area contributed by atoms with Crippen LogP contribution in [-0.4, -0.2) is 21.5 Å². The highest BCUT2D eigenvalue weighted by atomic mass is 16.1. The molecule has 0 unspecified atom stereocenters.